The van der Waals surface area contributed by atoms with Gasteiger partial charge < -0.3 is 9.73 Å². The van der Waals surface area contributed by atoms with E-state index >= 15 is 0 Å². The van der Waals surface area contributed by atoms with E-state index in [0.29, 0.717) is 10.0 Å². The molecule has 0 fully saturated rings. The highest BCUT2D eigenvalue weighted by Crippen LogP contribution is 2.28. The van der Waals surface area contributed by atoms with Crippen molar-refractivity contribution in [1.29, 1.82) is 0 Å². The number of hydrogen-bond acceptors (Lipinski definition) is 2. The van der Waals surface area contributed by atoms with E-state index in [-0.39, 0.29) is 6.04 Å². The van der Waals surface area contributed by atoms with Crippen LogP contribution in [0.2, 0.25) is 10.0 Å². The van der Waals surface area contributed by atoms with Crippen molar-refractivity contribution in [3.63, 3.8) is 0 Å². The molecule has 0 spiro atoms. The molecule has 2 nitrogen and oxygen atoms in total. The van der Waals surface area contributed by atoms with Gasteiger partial charge in [-0.25, -0.2) is 0 Å². The summed E-state index contributed by atoms with van der Waals surface area (Å²) in [5, 5.41) is 4.65. The molecule has 0 saturated heterocycles. The molecule has 1 N–H and O–H groups in total. The number of halogens is 2. The van der Waals surface area contributed by atoms with Crippen molar-refractivity contribution < 1.29 is 4.42 Å². The average Bonchev–Trinajstić information content (AvgIpc) is 2.77. The van der Waals surface area contributed by atoms with Crippen LogP contribution in [0.15, 0.2) is 41.2 Å². The van der Waals surface area contributed by atoms with Gasteiger partial charge in [-0.1, -0.05) is 30.1 Å². The van der Waals surface area contributed by atoms with Gasteiger partial charge in [-0.2, -0.15) is 0 Å². The molecule has 1 aromatic carbocycles. The summed E-state index contributed by atoms with van der Waals surface area (Å²) in [6.07, 6.45) is 3.38. The van der Waals surface area contributed by atoms with Crippen LogP contribution in [-0.4, -0.2) is 6.54 Å². The first-order valence-corrected chi connectivity index (χ1v) is 6.17. The molecular weight excluding hydrogens is 257 g/mol. The van der Waals surface area contributed by atoms with E-state index in [4.69, 9.17) is 27.6 Å². The Morgan fingerprint density at radius 2 is 1.88 bits per heavy atom. The number of hydrogen-bond donors (Lipinski definition) is 1. The highest BCUT2D eigenvalue weighted by Gasteiger charge is 2.15. The summed E-state index contributed by atoms with van der Waals surface area (Å²) in [4.78, 5) is 0. The normalized spacial score (nSPS) is 12.6. The zero-order valence-corrected chi connectivity index (χ0v) is 10.9. The minimum atomic E-state index is 0.0509. The van der Waals surface area contributed by atoms with Gasteiger partial charge >= 0.3 is 0 Å². The van der Waals surface area contributed by atoms with Crippen LogP contribution in [0.25, 0.3) is 0 Å². The summed E-state index contributed by atoms with van der Waals surface area (Å²) < 4.78 is 5.12. The minimum Gasteiger partial charge on any atom is -0.472 e. The molecule has 2 aromatic rings. The van der Waals surface area contributed by atoms with Gasteiger partial charge in [-0.3, -0.25) is 0 Å². The van der Waals surface area contributed by atoms with Gasteiger partial charge in [0.05, 0.1) is 18.6 Å². The number of nitrogens with one attached hydrogen (secondary N) is 1. The van der Waals surface area contributed by atoms with E-state index in [9.17, 15) is 0 Å². The van der Waals surface area contributed by atoms with E-state index in [2.05, 4.69) is 12.2 Å². The average molecular weight is 270 g/mol. The second kappa shape index (κ2) is 5.58. The van der Waals surface area contributed by atoms with Crippen LogP contribution >= 0.6 is 23.2 Å². The highest BCUT2D eigenvalue weighted by atomic mass is 35.5. The van der Waals surface area contributed by atoms with Gasteiger partial charge in [0, 0.05) is 15.6 Å². The maximum Gasteiger partial charge on any atom is 0.0953 e. The van der Waals surface area contributed by atoms with Crippen LogP contribution in [0.4, 0.5) is 0 Å². The molecule has 0 bridgehead atoms. The first-order valence-electron chi connectivity index (χ1n) is 5.42. The Bertz CT molecular complexity index is 462. The lowest BCUT2D eigenvalue weighted by atomic mass is 10.0. The van der Waals surface area contributed by atoms with Gasteiger partial charge in [-0.15, -0.1) is 0 Å². The Balaban J connectivity index is 2.38. The molecule has 0 aliphatic heterocycles. The molecule has 0 aliphatic rings. The summed E-state index contributed by atoms with van der Waals surface area (Å²) in [6, 6.07) is 7.53. The molecule has 0 radical (unpaired) electrons. The molecular formula is C13H13Cl2NO. The summed E-state index contributed by atoms with van der Waals surface area (Å²) in [7, 11) is 0. The fourth-order valence-electron chi connectivity index (χ4n) is 1.81. The van der Waals surface area contributed by atoms with Crippen LogP contribution in [0.1, 0.15) is 24.1 Å². The van der Waals surface area contributed by atoms with E-state index in [1.165, 1.54) is 0 Å². The predicted molar refractivity (Wildman–Crippen MR) is 70.7 cm³/mol. The lowest BCUT2D eigenvalue weighted by Crippen LogP contribution is -2.21. The monoisotopic (exact) mass is 269 g/mol. The fraction of sp³-hybridized carbons (Fsp3) is 0.231. The van der Waals surface area contributed by atoms with Crippen molar-refractivity contribution in [2.45, 2.75) is 13.0 Å². The van der Waals surface area contributed by atoms with Crippen molar-refractivity contribution in [2.24, 2.45) is 0 Å². The number of rotatable bonds is 4. The summed E-state index contributed by atoms with van der Waals surface area (Å²) in [5.74, 6) is 0. The first-order chi connectivity index (χ1) is 8.20. The van der Waals surface area contributed by atoms with Crippen molar-refractivity contribution in [3.8, 4) is 0 Å². The maximum absolute atomic E-state index is 6.02. The minimum absolute atomic E-state index is 0.0509. The van der Waals surface area contributed by atoms with Crippen LogP contribution in [-0.2, 0) is 0 Å². The van der Waals surface area contributed by atoms with E-state index in [1.54, 1.807) is 18.6 Å². The van der Waals surface area contributed by atoms with Crippen molar-refractivity contribution in [3.05, 3.63) is 58.0 Å². The Kier molecular flexibility index (Phi) is 4.11. The molecule has 17 heavy (non-hydrogen) atoms. The molecule has 1 atom stereocenters. The van der Waals surface area contributed by atoms with Crippen molar-refractivity contribution in [2.75, 3.05) is 6.54 Å². The van der Waals surface area contributed by atoms with Crippen LogP contribution < -0.4 is 5.32 Å². The Labute approximate surface area is 111 Å². The van der Waals surface area contributed by atoms with Gasteiger partial charge in [0.1, 0.15) is 0 Å². The second-order valence-corrected chi connectivity index (χ2v) is 4.62. The largest absolute Gasteiger partial charge is 0.472 e. The lowest BCUT2D eigenvalue weighted by Gasteiger charge is -2.17. The standard InChI is InChI=1S/C13H13Cl2NO/c1-2-16-13(9-3-4-17-8-9)10-5-11(14)7-12(15)6-10/h3-8,13,16H,2H2,1H3. The maximum atomic E-state index is 6.02. The van der Waals surface area contributed by atoms with E-state index in [0.717, 1.165) is 17.7 Å². The lowest BCUT2D eigenvalue weighted by molar-refractivity contribution is 0.553. The molecule has 1 heterocycles. The zero-order chi connectivity index (χ0) is 12.3. The topological polar surface area (TPSA) is 25.2 Å². The Morgan fingerprint density at radius 1 is 1.18 bits per heavy atom. The van der Waals surface area contributed by atoms with Crippen LogP contribution in [0.3, 0.4) is 0 Å². The van der Waals surface area contributed by atoms with Crippen LogP contribution in [0.5, 0.6) is 0 Å². The van der Waals surface area contributed by atoms with Gasteiger partial charge in [0.25, 0.3) is 0 Å². The smallest absolute Gasteiger partial charge is 0.0953 e. The van der Waals surface area contributed by atoms with Crippen LogP contribution in [0, 0.1) is 0 Å². The molecule has 4 heteroatoms. The predicted octanol–water partition coefficient (Wildman–Crippen LogP) is 4.29. The molecule has 0 aliphatic carbocycles. The van der Waals surface area contributed by atoms with Gasteiger partial charge in [0.2, 0.25) is 0 Å². The third kappa shape index (κ3) is 3.03. The number of benzene rings is 1. The van der Waals surface area contributed by atoms with E-state index in [1.807, 2.05) is 18.2 Å². The van der Waals surface area contributed by atoms with E-state index < -0.39 is 0 Å². The van der Waals surface area contributed by atoms with Crippen molar-refractivity contribution in [1.82, 2.24) is 5.32 Å². The second-order valence-electron chi connectivity index (χ2n) is 3.75. The van der Waals surface area contributed by atoms with Crippen molar-refractivity contribution >= 4 is 23.2 Å². The molecule has 2 rings (SSSR count). The molecule has 0 amide bonds. The third-order valence-electron chi connectivity index (χ3n) is 2.50. The molecule has 1 unspecified atom stereocenters. The SMILES string of the molecule is CCNC(c1ccoc1)c1cc(Cl)cc(Cl)c1. The quantitative estimate of drug-likeness (QED) is 0.896. The van der Waals surface area contributed by atoms with Gasteiger partial charge in [0.15, 0.2) is 0 Å². The van der Waals surface area contributed by atoms with Gasteiger partial charge in [-0.05, 0) is 36.4 Å². The third-order valence-corrected chi connectivity index (χ3v) is 2.94. The summed E-state index contributed by atoms with van der Waals surface area (Å²) in [5.41, 5.74) is 2.09. The Hall–Kier alpha value is -0.960. The first kappa shape index (κ1) is 12.5. The Morgan fingerprint density at radius 3 is 2.41 bits per heavy atom. The zero-order valence-electron chi connectivity index (χ0n) is 9.41. The molecule has 90 valence electrons. The molecule has 1 aromatic heterocycles. The number of furan rings is 1. The highest BCUT2D eigenvalue weighted by molar-refractivity contribution is 6.34. The summed E-state index contributed by atoms with van der Waals surface area (Å²) in [6.45, 7) is 2.90. The molecule has 0 saturated carbocycles. The fourth-order valence-corrected chi connectivity index (χ4v) is 2.36. The summed E-state index contributed by atoms with van der Waals surface area (Å²) >= 11 is 12.0.